The Morgan fingerprint density at radius 2 is 1.16 bits per heavy atom. The van der Waals surface area contributed by atoms with Crippen LogP contribution in [-0.2, 0) is 10.4 Å². The summed E-state index contributed by atoms with van der Waals surface area (Å²) in [6, 6.07) is 0. The van der Waals surface area contributed by atoms with Crippen LogP contribution in [0.2, 0.25) is 0 Å². The van der Waals surface area contributed by atoms with Crippen molar-refractivity contribution in [3.63, 3.8) is 0 Å². The summed E-state index contributed by atoms with van der Waals surface area (Å²) in [5, 5.41) is 0. The molecule has 0 heterocycles. The molecule has 0 aliphatic heterocycles. The minimum Gasteiger partial charge on any atom is -0.726 e. The van der Waals surface area contributed by atoms with Crippen LogP contribution in [-0.4, -0.2) is 24.1 Å². The van der Waals surface area contributed by atoms with Crippen LogP contribution in [0.25, 0.3) is 0 Å². The SMILES string of the molecule is CCCCCCCCCCCCN.O=S(=O)([O-])O.[Li+]. The Morgan fingerprint density at radius 3 is 1.42 bits per heavy atom. The molecule has 0 aliphatic carbocycles. The predicted octanol–water partition coefficient (Wildman–Crippen LogP) is -0.125. The zero-order valence-electron chi connectivity index (χ0n) is 12.4. The van der Waals surface area contributed by atoms with Gasteiger partial charge in [-0.25, -0.2) is 8.42 Å². The van der Waals surface area contributed by atoms with Gasteiger partial charge in [0, 0.05) is 0 Å². The van der Waals surface area contributed by atoms with Crippen LogP contribution in [0.3, 0.4) is 0 Å². The average Bonchev–Trinajstić information content (AvgIpc) is 2.25. The van der Waals surface area contributed by atoms with Gasteiger partial charge in [-0.1, -0.05) is 64.7 Å². The monoisotopic (exact) mass is 289 g/mol. The summed E-state index contributed by atoms with van der Waals surface area (Å²) in [7, 11) is -4.92. The second kappa shape index (κ2) is 18.4. The van der Waals surface area contributed by atoms with E-state index in [1.54, 1.807) is 0 Å². The van der Waals surface area contributed by atoms with Gasteiger partial charge in [-0.3, -0.25) is 4.55 Å². The maximum atomic E-state index is 8.63. The van der Waals surface area contributed by atoms with Crippen molar-refractivity contribution in [1.82, 2.24) is 0 Å². The van der Waals surface area contributed by atoms with E-state index in [0.717, 1.165) is 6.54 Å². The molecule has 0 unspecified atom stereocenters. The third-order valence-electron chi connectivity index (χ3n) is 2.56. The molecule has 0 saturated heterocycles. The molecule has 0 aromatic heterocycles. The van der Waals surface area contributed by atoms with Crippen LogP contribution in [0.15, 0.2) is 0 Å². The fraction of sp³-hybridized carbons (Fsp3) is 1.00. The summed E-state index contributed by atoms with van der Waals surface area (Å²) in [6.07, 6.45) is 13.9. The number of hydrogen-bond donors (Lipinski definition) is 2. The largest absolute Gasteiger partial charge is 1.00 e. The van der Waals surface area contributed by atoms with Crippen LogP contribution >= 0.6 is 0 Å². The Balaban J connectivity index is -0.000000366. The maximum Gasteiger partial charge on any atom is 1.00 e. The third-order valence-corrected chi connectivity index (χ3v) is 2.56. The van der Waals surface area contributed by atoms with Gasteiger partial charge in [0.25, 0.3) is 0 Å². The zero-order valence-corrected chi connectivity index (χ0v) is 13.3. The van der Waals surface area contributed by atoms with E-state index in [-0.39, 0.29) is 18.9 Å². The molecule has 0 radical (unpaired) electrons. The molecule has 0 fully saturated rings. The minimum absolute atomic E-state index is 0. The van der Waals surface area contributed by atoms with Gasteiger partial charge in [0.2, 0.25) is 10.4 Å². The van der Waals surface area contributed by atoms with Gasteiger partial charge >= 0.3 is 18.9 Å². The van der Waals surface area contributed by atoms with Crippen molar-refractivity contribution in [2.45, 2.75) is 71.1 Å². The van der Waals surface area contributed by atoms with Gasteiger partial charge in [-0.2, -0.15) is 0 Å². The molecule has 19 heavy (non-hydrogen) atoms. The normalized spacial score (nSPS) is 10.3. The van der Waals surface area contributed by atoms with E-state index in [4.69, 9.17) is 23.3 Å². The standard InChI is InChI=1S/C12H27N.Li.H2O4S/c1-2-3-4-5-6-7-8-9-10-11-12-13;;1-5(2,3)4/h2-13H2,1H3;;(H2,1,2,3,4)/q;+1;/p-1. The summed E-state index contributed by atoms with van der Waals surface area (Å²) in [6.45, 7) is 3.14. The van der Waals surface area contributed by atoms with Gasteiger partial charge in [0.05, 0.1) is 0 Å². The number of rotatable bonds is 10. The Hall–Kier alpha value is 0.427. The van der Waals surface area contributed by atoms with Crippen LogP contribution < -0.4 is 24.6 Å². The van der Waals surface area contributed by atoms with Gasteiger partial charge in [0.15, 0.2) is 0 Å². The van der Waals surface area contributed by atoms with Crippen molar-refractivity contribution in [1.29, 1.82) is 0 Å². The van der Waals surface area contributed by atoms with Crippen LogP contribution in [0.4, 0.5) is 0 Å². The number of nitrogens with two attached hydrogens (primary N) is 1. The molecular formula is C12H28LiNO4S. The average molecular weight is 289 g/mol. The van der Waals surface area contributed by atoms with Crippen molar-refractivity contribution in [2.24, 2.45) is 5.73 Å². The van der Waals surface area contributed by atoms with E-state index < -0.39 is 10.4 Å². The Bertz CT molecular complexity index is 230. The topological polar surface area (TPSA) is 103 Å². The van der Waals surface area contributed by atoms with Crippen molar-refractivity contribution in [2.75, 3.05) is 6.54 Å². The summed E-state index contributed by atoms with van der Waals surface area (Å²) in [5.41, 5.74) is 5.42. The zero-order chi connectivity index (χ0) is 14.3. The molecule has 112 valence electrons. The molecule has 7 heteroatoms. The molecule has 0 rings (SSSR count). The van der Waals surface area contributed by atoms with E-state index in [0.29, 0.717) is 0 Å². The van der Waals surface area contributed by atoms with Crippen molar-refractivity contribution < 1.29 is 36.4 Å². The molecule has 0 saturated carbocycles. The fourth-order valence-electron chi connectivity index (χ4n) is 1.63. The molecular weight excluding hydrogens is 261 g/mol. The third kappa shape index (κ3) is 45.7. The second-order valence-electron chi connectivity index (χ2n) is 4.40. The van der Waals surface area contributed by atoms with Gasteiger partial charge in [-0.15, -0.1) is 0 Å². The van der Waals surface area contributed by atoms with Crippen molar-refractivity contribution in [3.05, 3.63) is 0 Å². The molecule has 0 bridgehead atoms. The van der Waals surface area contributed by atoms with Gasteiger partial charge < -0.3 is 10.3 Å². The molecule has 3 N–H and O–H groups in total. The van der Waals surface area contributed by atoms with Crippen LogP contribution in [0.1, 0.15) is 71.1 Å². The Kier molecular flexibility index (Phi) is 23.7. The molecule has 0 aromatic carbocycles. The molecule has 5 nitrogen and oxygen atoms in total. The summed E-state index contributed by atoms with van der Waals surface area (Å²) < 4.78 is 32.8. The van der Waals surface area contributed by atoms with Crippen LogP contribution in [0.5, 0.6) is 0 Å². The first-order chi connectivity index (χ1) is 8.41. The minimum atomic E-state index is -4.92. The first-order valence-corrected chi connectivity index (χ1v) is 8.16. The quantitative estimate of drug-likeness (QED) is 0.252. The van der Waals surface area contributed by atoms with E-state index in [1.165, 1.54) is 64.2 Å². The summed E-state index contributed by atoms with van der Waals surface area (Å²) in [5.74, 6) is 0. The summed E-state index contributed by atoms with van der Waals surface area (Å²) in [4.78, 5) is 0. The number of unbranched alkanes of at least 4 members (excludes halogenated alkanes) is 9. The van der Waals surface area contributed by atoms with Crippen LogP contribution in [0, 0.1) is 0 Å². The second-order valence-corrected chi connectivity index (χ2v) is 5.25. The first-order valence-electron chi connectivity index (χ1n) is 6.80. The van der Waals surface area contributed by atoms with E-state index in [1.807, 2.05) is 0 Å². The molecule has 0 spiro atoms. The van der Waals surface area contributed by atoms with Crippen molar-refractivity contribution >= 4 is 10.4 Å². The maximum absolute atomic E-state index is 8.63. The van der Waals surface area contributed by atoms with E-state index >= 15 is 0 Å². The first kappa shape index (κ1) is 24.4. The molecule has 0 aromatic rings. The number of hydrogen-bond acceptors (Lipinski definition) is 4. The van der Waals surface area contributed by atoms with E-state index in [9.17, 15) is 0 Å². The van der Waals surface area contributed by atoms with Gasteiger partial charge in [0.1, 0.15) is 0 Å². The predicted molar refractivity (Wildman–Crippen MR) is 73.2 cm³/mol. The molecule has 0 aliphatic rings. The smallest absolute Gasteiger partial charge is 0.726 e. The fourth-order valence-corrected chi connectivity index (χ4v) is 1.63. The Labute approximate surface area is 130 Å². The molecule has 0 atom stereocenters. The van der Waals surface area contributed by atoms with E-state index in [2.05, 4.69) is 6.92 Å². The molecule has 0 amide bonds. The van der Waals surface area contributed by atoms with Gasteiger partial charge in [-0.05, 0) is 13.0 Å². The Morgan fingerprint density at radius 1 is 0.895 bits per heavy atom. The summed E-state index contributed by atoms with van der Waals surface area (Å²) >= 11 is 0. The van der Waals surface area contributed by atoms with Crippen molar-refractivity contribution in [3.8, 4) is 0 Å².